The lowest BCUT2D eigenvalue weighted by Crippen LogP contribution is -2.31. The van der Waals surface area contributed by atoms with Crippen LogP contribution in [-0.2, 0) is 9.59 Å². The van der Waals surface area contributed by atoms with Crippen molar-refractivity contribution in [3.8, 4) is 0 Å². The lowest BCUT2D eigenvalue weighted by molar-refractivity contribution is -0.136. The summed E-state index contributed by atoms with van der Waals surface area (Å²) >= 11 is 0. The Morgan fingerprint density at radius 1 is 1.31 bits per heavy atom. The Bertz CT molecular complexity index is 205. The lowest BCUT2D eigenvalue weighted by Gasteiger charge is -2.28. The van der Waals surface area contributed by atoms with E-state index in [4.69, 9.17) is 0 Å². The Balaban J connectivity index is 2.30. The van der Waals surface area contributed by atoms with Crippen molar-refractivity contribution < 1.29 is 9.59 Å². The normalized spacial score (nSPS) is 20.2. The van der Waals surface area contributed by atoms with E-state index in [2.05, 4.69) is 11.9 Å². The first-order valence-corrected chi connectivity index (χ1v) is 4.82. The number of carbonyl (C=O) groups excluding carboxylic acids is 2. The van der Waals surface area contributed by atoms with Crippen LogP contribution in [0.5, 0.6) is 0 Å². The summed E-state index contributed by atoms with van der Waals surface area (Å²) in [6, 6.07) is 0. The minimum Gasteiger partial charge on any atom is -0.306 e. The fourth-order valence-corrected chi connectivity index (χ4v) is 1.67. The number of piperidine rings is 1. The summed E-state index contributed by atoms with van der Waals surface area (Å²) in [5, 5.41) is 0. The minimum atomic E-state index is -0.293. The van der Waals surface area contributed by atoms with Crippen molar-refractivity contribution in [2.45, 2.75) is 26.2 Å². The van der Waals surface area contributed by atoms with Crippen molar-refractivity contribution >= 4 is 11.6 Å². The van der Waals surface area contributed by atoms with Crippen LogP contribution in [0.4, 0.5) is 0 Å². The molecule has 3 nitrogen and oxygen atoms in total. The molecule has 1 saturated heterocycles. The Hall–Kier alpha value is -0.700. The van der Waals surface area contributed by atoms with Gasteiger partial charge in [-0.05, 0) is 38.9 Å². The number of ketones is 2. The van der Waals surface area contributed by atoms with Crippen molar-refractivity contribution in [1.82, 2.24) is 4.90 Å². The van der Waals surface area contributed by atoms with Crippen molar-refractivity contribution in [2.24, 2.45) is 5.92 Å². The fraction of sp³-hybridized carbons (Fsp3) is 0.800. The molecule has 1 rings (SSSR count). The highest BCUT2D eigenvalue weighted by atomic mass is 16.2. The molecule has 1 aliphatic heterocycles. The van der Waals surface area contributed by atoms with Crippen LogP contribution in [-0.4, -0.2) is 36.6 Å². The van der Waals surface area contributed by atoms with E-state index in [0.717, 1.165) is 25.9 Å². The van der Waals surface area contributed by atoms with Crippen LogP contribution in [0.25, 0.3) is 0 Å². The van der Waals surface area contributed by atoms with Crippen molar-refractivity contribution in [2.75, 3.05) is 20.1 Å². The van der Waals surface area contributed by atoms with Crippen LogP contribution in [0.3, 0.4) is 0 Å². The van der Waals surface area contributed by atoms with E-state index >= 15 is 0 Å². The molecule has 0 aromatic rings. The van der Waals surface area contributed by atoms with Gasteiger partial charge in [-0.15, -0.1) is 0 Å². The molecule has 3 heteroatoms. The van der Waals surface area contributed by atoms with Crippen LogP contribution in [0.1, 0.15) is 26.2 Å². The van der Waals surface area contributed by atoms with E-state index in [1.54, 1.807) is 0 Å². The Kier molecular flexibility index (Phi) is 3.60. The summed E-state index contributed by atoms with van der Waals surface area (Å²) < 4.78 is 0. The lowest BCUT2D eigenvalue weighted by atomic mass is 9.91. The second-order valence-corrected chi connectivity index (χ2v) is 3.93. The van der Waals surface area contributed by atoms with Crippen LogP contribution < -0.4 is 0 Å². The number of likely N-dealkylation sites (tertiary alicyclic amines) is 1. The van der Waals surface area contributed by atoms with E-state index in [-0.39, 0.29) is 11.6 Å². The smallest absolute Gasteiger partial charge is 0.198 e. The van der Waals surface area contributed by atoms with Gasteiger partial charge in [0.1, 0.15) is 0 Å². The average molecular weight is 183 g/mol. The number of hydrogen-bond donors (Lipinski definition) is 0. The molecule has 0 amide bonds. The minimum absolute atomic E-state index is 0.199. The molecule has 0 bridgehead atoms. The number of carbonyl (C=O) groups is 2. The van der Waals surface area contributed by atoms with E-state index < -0.39 is 0 Å². The summed E-state index contributed by atoms with van der Waals surface area (Å²) in [6.07, 6.45) is 2.56. The van der Waals surface area contributed by atoms with Gasteiger partial charge in [0.2, 0.25) is 0 Å². The first-order valence-electron chi connectivity index (χ1n) is 4.82. The Labute approximate surface area is 79.1 Å². The van der Waals surface area contributed by atoms with Gasteiger partial charge >= 0.3 is 0 Å². The second-order valence-electron chi connectivity index (χ2n) is 3.93. The average Bonchev–Trinajstić information content (AvgIpc) is 2.08. The number of nitrogens with zero attached hydrogens (tertiary/aromatic N) is 1. The van der Waals surface area contributed by atoms with Crippen molar-refractivity contribution in [3.05, 3.63) is 0 Å². The molecular formula is C10H17NO2. The maximum absolute atomic E-state index is 11.1. The summed E-state index contributed by atoms with van der Waals surface area (Å²) in [6.45, 7) is 3.46. The van der Waals surface area contributed by atoms with Gasteiger partial charge < -0.3 is 4.90 Å². The molecular weight excluding hydrogens is 166 g/mol. The Morgan fingerprint density at radius 2 is 1.85 bits per heavy atom. The molecule has 1 aliphatic rings. The fourth-order valence-electron chi connectivity index (χ4n) is 1.67. The largest absolute Gasteiger partial charge is 0.306 e. The van der Waals surface area contributed by atoms with Crippen LogP contribution in [0.15, 0.2) is 0 Å². The SMILES string of the molecule is CC(=O)C(=O)CC1CCN(C)CC1. The molecule has 0 atom stereocenters. The topological polar surface area (TPSA) is 37.4 Å². The molecule has 0 radical (unpaired) electrons. The van der Waals surface area contributed by atoms with Gasteiger partial charge in [0, 0.05) is 13.3 Å². The first-order chi connectivity index (χ1) is 6.09. The summed E-state index contributed by atoms with van der Waals surface area (Å²) in [4.78, 5) is 24.1. The highest BCUT2D eigenvalue weighted by Gasteiger charge is 2.20. The summed E-state index contributed by atoms with van der Waals surface area (Å²) in [7, 11) is 2.09. The predicted molar refractivity (Wildman–Crippen MR) is 50.5 cm³/mol. The molecule has 0 aliphatic carbocycles. The third-order valence-electron chi connectivity index (χ3n) is 2.70. The quantitative estimate of drug-likeness (QED) is 0.609. The maximum Gasteiger partial charge on any atom is 0.198 e. The standard InChI is InChI=1S/C10H17NO2/c1-8(12)10(13)7-9-3-5-11(2)6-4-9/h9H,3-7H2,1-2H3. The van der Waals surface area contributed by atoms with Crippen molar-refractivity contribution in [1.29, 1.82) is 0 Å². The van der Waals surface area contributed by atoms with E-state index in [9.17, 15) is 9.59 Å². The zero-order valence-electron chi connectivity index (χ0n) is 8.38. The second kappa shape index (κ2) is 4.51. The molecule has 0 aromatic heterocycles. The van der Waals surface area contributed by atoms with Gasteiger partial charge in [-0.3, -0.25) is 9.59 Å². The predicted octanol–water partition coefficient (Wildman–Crippen LogP) is 0.876. The number of hydrogen-bond acceptors (Lipinski definition) is 3. The molecule has 0 N–H and O–H groups in total. The maximum atomic E-state index is 11.1. The summed E-state index contributed by atoms with van der Waals surface area (Å²) in [5.74, 6) is -0.0546. The van der Waals surface area contributed by atoms with Gasteiger partial charge in [-0.1, -0.05) is 0 Å². The van der Waals surface area contributed by atoms with Gasteiger partial charge in [-0.25, -0.2) is 0 Å². The molecule has 0 spiro atoms. The molecule has 1 heterocycles. The number of rotatable bonds is 3. The van der Waals surface area contributed by atoms with E-state index in [1.807, 2.05) is 0 Å². The molecule has 13 heavy (non-hydrogen) atoms. The molecule has 1 fully saturated rings. The first kappa shape index (κ1) is 10.4. The highest BCUT2D eigenvalue weighted by molar-refractivity contribution is 6.36. The Morgan fingerprint density at radius 3 is 2.31 bits per heavy atom. The van der Waals surface area contributed by atoms with Crippen LogP contribution in [0.2, 0.25) is 0 Å². The van der Waals surface area contributed by atoms with Crippen molar-refractivity contribution in [3.63, 3.8) is 0 Å². The summed E-state index contributed by atoms with van der Waals surface area (Å²) in [5.41, 5.74) is 0. The monoisotopic (exact) mass is 183 g/mol. The number of Topliss-reactive ketones (excluding diaryl/α,β-unsaturated/α-hetero) is 2. The molecule has 0 unspecified atom stereocenters. The van der Waals surface area contributed by atoms with Gasteiger partial charge in [0.05, 0.1) is 0 Å². The third kappa shape index (κ3) is 3.27. The molecule has 0 saturated carbocycles. The van der Waals surface area contributed by atoms with E-state index in [1.165, 1.54) is 6.92 Å². The van der Waals surface area contributed by atoms with Crippen LogP contribution in [0, 0.1) is 5.92 Å². The molecule has 74 valence electrons. The third-order valence-corrected chi connectivity index (χ3v) is 2.70. The zero-order valence-corrected chi connectivity index (χ0v) is 8.38. The van der Waals surface area contributed by atoms with Gasteiger partial charge in [0.25, 0.3) is 0 Å². The van der Waals surface area contributed by atoms with E-state index in [0.29, 0.717) is 12.3 Å². The van der Waals surface area contributed by atoms with Gasteiger partial charge in [0.15, 0.2) is 11.6 Å². The zero-order chi connectivity index (χ0) is 9.84. The van der Waals surface area contributed by atoms with Gasteiger partial charge in [-0.2, -0.15) is 0 Å². The van der Waals surface area contributed by atoms with Crippen LogP contribution >= 0.6 is 0 Å². The molecule has 0 aromatic carbocycles. The highest BCUT2D eigenvalue weighted by Crippen LogP contribution is 2.19.